The molecule has 2 heterocycles. The first-order valence-corrected chi connectivity index (χ1v) is 6.49. The van der Waals surface area contributed by atoms with Crippen LogP contribution in [-0.4, -0.2) is 16.7 Å². The van der Waals surface area contributed by atoms with Crippen LogP contribution in [0.4, 0.5) is 0 Å². The molecule has 1 aliphatic heterocycles. The van der Waals surface area contributed by atoms with Crippen molar-refractivity contribution in [1.82, 2.24) is 15.5 Å². The highest BCUT2D eigenvalue weighted by Gasteiger charge is 2.38. The van der Waals surface area contributed by atoms with Gasteiger partial charge in [-0.25, -0.2) is 0 Å². The van der Waals surface area contributed by atoms with Crippen LogP contribution in [0.1, 0.15) is 32.1 Å². The number of rotatable bonds is 3. The van der Waals surface area contributed by atoms with Gasteiger partial charge in [-0.15, -0.1) is 0 Å². The van der Waals surface area contributed by atoms with Gasteiger partial charge in [0.25, 0.3) is 0 Å². The van der Waals surface area contributed by atoms with Gasteiger partial charge in [-0.05, 0) is 25.8 Å². The zero-order valence-corrected chi connectivity index (χ0v) is 10.5. The fraction of sp³-hybridized carbons (Fsp3) is 0.429. The van der Waals surface area contributed by atoms with Crippen LogP contribution in [0.15, 0.2) is 34.9 Å². The molecule has 1 aromatic carbocycles. The smallest absolute Gasteiger partial charge is 0.247 e. The molecule has 1 fully saturated rings. The van der Waals surface area contributed by atoms with E-state index in [-0.39, 0.29) is 5.54 Å². The highest BCUT2D eigenvalue weighted by atomic mass is 16.5. The van der Waals surface area contributed by atoms with E-state index in [0.717, 1.165) is 37.3 Å². The Labute approximate surface area is 106 Å². The highest BCUT2D eigenvalue weighted by Crippen LogP contribution is 2.33. The summed E-state index contributed by atoms with van der Waals surface area (Å²) in [6.45, 7) is 3.18. The Morgan fingerprint density at radius 2 is 2.17 bits per heavy atom. The van der Waals surface area contributed by atoms with Crippen molar-refractivity contribution in [2.24, 2.45) is 0 Å². The standard InChI is InChI=1S/C14H17N3O/c1-2-14(9-6-10-15-14)13-16-12(17-18-13)11-7-4-3-5-8-11/h3-5,7-8,15H,2,6,9-10H2,1H3. The van der Waals surface area contributed by atoms with Gasteiger partial charge in [-0.2, -0.15) is 4.98 Å². The minimum atomic E-state index is -0.111. The normalized spacial score (nSPS) is 23.4. The monoisotopic (exact) mass is 243 g/mol. The average Bonchev–Trinajstić information content (AvgIpc) is 3.09. The first kappa shape index (κ1) is 11.4. The van der Waals surface area contributed by atoms with Crippen LogP contribution in [-0.2, 0) is 5.54 Å². The first-order chi connectivity index (χ1) is 8.84. The average molecular weight is 243 g/mol. The molecule has 1 N–H and O–H groups in total. The van der Waals surface area contributed by atoms with E-state index in [2.05, 4.69) is 22.4 Å². The fourth-order valence-electron chi connectivity index (χ4n) is 2.56. The summed E-state index contributed by atoms with van der Waals surface area (Å²) in [7, 11) is 0. The van der Waals surface area contributed by atoms with Crippen LogP contribution < -0.4 is 5.32 Å². The van der Waals surface area contributed by atoms with Crippen molar-refractivity contribution < 1.29 is 4.52 Å². The molecule has 0 spiro atoms. The SMILES string of the molecule is CCC1(c2nc(-c3ccccc3)no2)CCCN1. The summed E-state index contributed by atoms with van der Waals surface area (Å²) in [5.41, 5.74) is 0.886. The minimum Gasteiger partial charge on any atom is -0.337 e. The molecule has 4 heteroatoms. The van der Waals surface area contributed by atoms with Gasteiger partial charge in [0.15, 0.2) is 0 Å². The molecule has 0 radical (unpaired) electrons. The third-order valence-corrected chi connectivity index (χ3v) is 3.71. The van der Waals surface area contributed by atoms with Crippen LogP contribution in [0, 0.1) is 0 Å². The lowest BCUT2D eigenvalue weighted by Gasteiger charge is -2.22. The summed E-state index contributed by atoms with van der Waals surface area (Å²) >= 11 is 0. The molecule has 1 saturated heterocycles. The van der Waals surface area contributed by atoms with Gasteiger partial charge >= 0.3 is 0 Å². The number of nitrogens with one attached hydrogen (secondary N) is 1. The van der Waals surface area contributed by atoms with Crippen molar-refractivity contribution in [3.63, 3.8) is 0 Å². The summed E-state index contributed by atoms with van der Waals surface area (Å²) in [5.74, 6) is 1.40. The molecule has 0 amide bonds. The summed E-state index contributed by atoms with van der Waals surface area (Å²) in [4.78, 5) is 4.57. The van der Waals surface area contributed by atoms with E-state index >= 15 is 0 Å². The Morgan fingerprint density at radius 3 is 2.83 bits per heavy atom. The maximum atomic E-state index is 5.47. The van der Waals surface area contributed by atoms with Gasteiger partial charge in [0.2, 0.25) is 11.7 Å². The van der Waals surface area contributed by atoms with E-state index in [1.165, 1.54) is 0 Å². The predicted octanol–water partition coefficient (Wildman–Crippen LogP) is 2.73. The molecule has 0 aliphatic carbocycles. The van der Waals surface area contributed by atoms with Crippen molar-refractivity contribution in [3.8, 4) is 11.4 Å². The number of hydrogen-bond donors (Lipinski definition) is 1. The molecule has 1 atom stereocenters. The Hall–Kier alpha value is -1.68. The number of nitrogens with zero attached hydrogens (tertiary/aromatic N) is 2. The molecule has 0 saturated carbocycles. The van der Waals surface area contributed by atoms with Gasteiger partial charge in [0, 0.05) is 5.56 Å². The first-order valence-electron chi connectivity index (χ1n) is 6.49. The number of aromatic nitrogens is 2. The van der Waals surface area contributed by atoms with E-state index in [1.54, 1.807) is 0 Å². The Balaban J connectivity index is 1.94. The van der Waals surface area contributed by atoms with E-state index in [9.17, 15) is 0 Å². The van der Waals surface area contributed by atoms with Crippen molar-refractivity contribution in [2.75, 3.05) is 6.54 Å². The van der Waals surface area contributed by atoms with Crippen molar-refractivity contribution in [1.29, 1.82) is 0 Å². The minimum absolute atomic E-state index is 0.111. The zero-order chi connectivity index (χ0) is 12.4. The molecule has 4 nitrogen and oxygen atoms in total. The van der Waals surface area contributed by atoms with E-state index in [1.807, 2.05) is 30.3 Å². The second-order valence-electron chi connectivity index (χ2n) is 4.76. The van der Waals surface area contributed by atoms with Gasteiger partial charge in [0.05, 0.1) is 5.54 Å². The lowest BCUT2D eigenvalue weighted by molar-refractivity contribution is 0.250. The summed E-state index contributed by atoms with van der Waals surface area (Å²) in [6.07, 6.45) is 3.21. The van der Waals surface area contributed by atoms with E-state index < -0.39 is 0 Å². The molecule has 1 unspecified atom stereocenters. The largest absolute Gasteiger partial charge is 0.337 e. The Bertz CT molecular complexity index is 515. The van der Waals surface area contributed by atoms with Gasteiger partial charge in [-0.3, -0.25) is 0 Å². The topological polar surface area (TPSA) is 51.0 Å². The Kier molecular flexibility index (Phi) is 2.88. The quantitative estimate of drug-likeness (QED) is 0.900. The third-order valence-electron chi connectivity index (χ3n) is 3.71. The number of hydrogen-bond acceptors (Lipinski definition) is 4. The molecule has 1 aromatic heterocycles. The lowest BCUT2D eigenvalue weighted by Crippen LogP contribution is -2.36. The molecule has 3 rings (SSSR count). The molecule has 18 heavy (non-hydrogen) atoms. The molecule has 2 aromatic rings. The van der Waals surface area contributed by atoms with Crippen LogP contribution >= 0.6 is 0 Å². The van der Waals surface area contributed by atoms with Crippen LogP contribution in [0.3, 0.4) is 0 Å². The zero-order valence-electron chi connectivity index (χ0n) is 10.5. The lowest BCUT2D eigenvalue weighted by atomic mass is 9.94. The van der Waals surface area contributed by atoms with Crippen LogP contribution in [0.25, 0.3) is 11.4 Å². The fourth-order valence-corrected chi connectivity index (χ4v) is 2.56. The molecular formula is C14H17N3O. The summed E-state index contributed by atoms with van der Waals surface area (Å²) in [5, 5.41) is 7.60. The molecule has 94 valence electrons. The molecular weight excluding hydrogens is 226 g/mol. The van der Waals surface area contributed by atoms with Gasteiger partial charge in [0.1, 0.15) is 0 Å². The summed E-state index contributed by atoms with van der Waals surface area (Å²) < 4.78 is 5.47. The van der Waals surface area contributed by atoms with Gasteiger partial charge < -0.3 is 9.84 Å². The maximum absolute atomic E-state index is 5.47. The van der Waals surface area contributed by atoms with Crippen LogP contribution in [0.2, 0.25) is 0 Å². The van der Waals surface area contributed by atoms with Crippen molar-refractivity contribution in [3.05, 3.63) is 36.2 Å². The summed E-state index contributed by atoms with van der Waals surface area (Å²) in [6, 6.07) is 9.94. The van der Waals surface area contributed by atoms with E-state index in [4.69, 9.17) is 4.52 Å². The highest BCUT2D eigenvalue weighted by molar-refractivity contribution is 5.53. The van der Waals surface area contributed by atoms with Crippen molar-refractivity contribution in [2.45, 2.75) is 31.7 Å². The second kappa shape index (κ2) is 4.53. The Morgan fingerprint density at radius 1 is 1.33 bits per heavy atom. The third kappa shape index (κ3) is 1.82. The molecule has 1 aliphatic rings. The van der Waals surface area contributed by atoms with Gasteiger partial charge in [-0.1, -0.05) is 42.4 Å². The van der Waals surface area contributed by atoms with Crippen LogP contribution in [0.5, 0.6) is 0 Å². The number of benzene rings is 1. The van der Waals surface area contributed by atoms with E-state index in [0.29, 0.717) is 5.82 Å². The molecule has 0 bridgehead atoms. The maximum Gasteiger partial charge on any atom is 0.247 e. The van der Waals surface area contributed by atoms with Crippen molar-refractivity contribution >= 4 is 0 Å². The predicted molar refractivity (Wildman–Crippen MR) is 68.9 cm³/mol. The second-order valence-corrected chi connectivity index (χ2v) is 4.76.